The number of aromatic carboxylic acids is 1. The molecule has 0 spiro atoms. The van der Waals surface area contributed by atoms with E-state index >= 15 is 0 Å². The normalized spacial score (nSPS) is 15.2. The van der Waals surface area contributed by atoms with Crippen molar-refractivity contribution in [2.45, 2.75) is 0 Å². The Kier molecular flexibility index (Phi) is 3.04. The van der Waals surface area contributed by atoms with Crippen LogP contribution in [0.5, 0.6) is 0 Å². The SMILES string of the molecule is O=C1Nc2ccc(F)cc2/C1=C/c1cc(C(=O)O)c[se]1. The van der Waals surface area contributed by atoms with Gasteiger partial charge < -0.3 is 0 Å². The number of fused-ring (bicyclic) bond motifs is 1. The fourth-order valence-electron chi connectivity index (χ4n) is 1.99. The first-order chi connectivity index (χ1) is 9.54. The Hall–Kier alpha value is -2.17. The Morgan fingerprint density at radius 1 is 1.35 bits per heavy atom. The van der Waals surface area contributed by atoms with Gasteiger partial charge in [0.15, 0.2) is 0 Å². The Bertz CT molecular complexity index is 764. The molecule has 6 heteroatoms. The summed E-state index contributed by atoms with van der Waals surface area (Å²) in [6.07, 6.45) is 1.63. The fraction of sp³-hybridized carbons (Fsp3) is 0. The second-order valence-corrected chi connectivity index (χ2v) is 6.22. The number of carboxylic acids is 1. The number of hydrogen-bond donors (Lipinski definition) is 2. The molecule has 2 heterocycles. The van der Waals surface area contributed by atoms with E-state index in [9.17, 15) is 14.0 Å². The molecular formula is C14H8FNO3Se. The van der Waals surface area contributed by atoms with Crippen molar-refractivity contribution in [1.29, 1.82) is 0 Å². The number of carbonyl (C=O) groups is 2. The molecule has 1 aliphatic rings. The summed E-state index contributed by atoms with van der Waals surface area (Å²) in [4.78, 5) is 24.4. The monoisotopic (exact) mass is 337 g/mol. The van der Waals surface area contributed by atoms with Crippen molar-refractivity contribution >= 4 is 43.7 Å². The average molecular weight is 336 g/mol. The van der Waals surface area contributed by atoms with Crippen molar-refractivity contribution in [3.63, 3.8) is 0 Å². The molecule has 100 valence electrons. The van der Waals surface area contributed by atoms with Gasteiger partial charge in [0.2, 0.25) is 0 Å². The van der Waals surface area contributed by atoms with Crippen molar-refractivity contribution in [2.24, 2.45) is 0 Å². The number of nitrogens with one attached hydrogen (secondary N) is 1. The molecule has 0 atom stereocenters. The van der Waals surface area contributed by atoms with E-state index in [0.717, 1.165) is 4.44 Å². The molecule has 1 aliphatic heterocycles. The molecule has 0 saturated carbocycles. The molecule has 0 fully saturated rings. The van der Waals surface area contributed by atoms with Crippen molar-refractivity contribution in [1.82, 2.24) is 0 Å². The molecule has 0 saturated heterocycles. The zero-order valence-electron chi connectivity index (χ0n) is 10.0. The van der Waals surface area contributed by atoms with Gasteiger partial charge in [-0.05, 0) is 0 Å². The van der Waals surface area contributed by atoms with Gasteiger partial charge in [-0.15, -0.1) is 0 Å². The third-order valence-electron chi connectivity index (χ3n) is 2.92. The number of amides is 1. The van der Waals surface area contributed by atoms with Crippen LogP contribution < -0.4 is 5.32 Å². The first kappa shape index (κ1) is 12.8. The van der Waals surface area contributed by atoms with Crippen LogP contribution in [0, 0.1) is 5.82 Å². The molecule has 0 bridgehead atoms. The molecule has 4 nitrogen and oxygen atoms in total. The third-order valence-corrected chi connectivity index (χ3v) is 4.76. The predicted molar refractivity (Wildman–Crippen MR) is 73.2 cm³/mol. The number of carbonyl (C=O) groups excluding carboxylic acids is 1. The third kappa shape index (κ3) is 2.19. The predicted octanol–water partition coefficient (Wildman–Crippen LogP) is 2.07. The van der Waals surface area contributed by atoms with E-state index in [4.69, 9.17) is 5.11 Å². The zero-order valence-corrected chi connectivity index (χ0v) is 11.7. The molecule has 1 amide bonds. The quantitative estimate of drug-likeness (QED) is 0.652. The molecule has 1 aromatic heterocycles. The van der Waals surface area contributed by atoms with Crippen LogP contribution in [-0.2, 0) is 4.79 Å². The van der Waals surface area contributed by atoms with Crippen LogP contribution in [0.2, 0.25) is 0 Å². The molecule has 0 unspecified atom stereocenters. The number of carboxylic acid groups (broad SMARTS) is 1. The zero-order chi connectivity index (χ0) is 14.3. The molecule has 0 radical (unpaired) electrons. The summed E-state index contributed by atoms with van der Waals surface area (Å²) >= 11 is -0.128. The Balaban J connectivity index is 2.05. The van der Waals surface area contributed by atoms with Gasteiger partial charge in [-0.2, -0.15) is 0 Å². The van der Waals surface area contributed by atoms with E-state index in [-0.39, 0.29) is 26.0 Å². The van der Waals surface area contributed by atoms with Crippen LogP contribution in [0.25, 0.3) is 11.6 Å². The summed E-state index contributed by atoms with van der Waals surface area (Å²) in [6.45, 7) is 0. The molecule has 3 rings (SSSR count). The van der Waals surface area contributed by atoms with Gasteiger partial charge in [0, 0.05) is 0 Å². The maximum absolute atomic E-state index is 13.3. The van der Waals surface area contributed by atoms with Crippen molar-refractivity contribution in [2.75, 3.05) is 5.32 Å². The molecule has 2 aromatic rings. The van der Waals surface area contributed by atoms with Gasteiger partial charge in [-0.1, -0.05) is 0 Å². The van der Waals surface area contributed by atoms with Crippen molar-refractivity contribution < 1.29 is 19.1 Å². The number of halogens is 1. The molecule has 1 aromatic carbocycles. The van der Waals surface area contributed by atoms with Gasteiger partial charge in [0.1, 0.15) is 0 Å². The van der Waals surface area contributed by atoms with E-state index in [1.54, 1.807) is 17.1 Å². The maximum atomic E-state index is 13.3. The Labute approximate surface area is 119 Å². The van der Waals surface area contributed by atoms with Gasteiger partial charge in [0.25, 0.3) is 0 Å². The second-order valence-electron chi connectivity index (χ2n) is 4.24. The molecule has 20 heavy (non-hydrogen) atoms. The summed E-state index contributed by atoms with van der Waals surface area (Å²) in [5.74, 6) is -1.70. The van der Waals surface area contributed by atoms with Crippen LogP contribution in [-0.4, -0.2) is 31.5 Å². The molecule has 2 N–H and O–H groups in total. The summed E-state index contributed by atoms with van der Waals surface area (Å²) in [6, 6.07) is 5.64. The van der Waals surface area contributed by atoms with E-state index in [0.29, 0.717) is 16.8 Å². The van der Waals surface area contributed by atoms with Gasteiger partial charge in [-0.3, -0.25) is 0 Å². The second kappa shape index (κ2) is 4.74. The summed E-state index contributed by atoms with van der Waals surface area (Å²) in [5.41, 5.74) is 1.68. The first-order valence-electron chi connectivity index (χ1n) is 5.69. The van der Waals surface area contributed by atoms with Crippen LogP contribution in [0.1, 0.15) is 20.4 Å². The number of anilines is 1. The Morgan fingerprint density at radius 2 is 2.15 bits per heavy atom. The van der Waals surface area contributed by atoms with Crippen LogP contribution in [0.4, 0.5) is 10.1 Å². The summed E-state index contributed by atoms with van der Waals surface area (Å²) in [5, 5.41) is 11.5. The van der Waals surface area contributed by atoms with Gasteiger partial charge in [-0.25, -0.2) is 0 Å². The van der Waals surface area contributed by atoms with E-state index in [1.807, 2.05) is 0 Å². The topological polar surface area (TPSA) is 66.4 Å². The number of benzene rings is 1. The number of hydrogen-bond acceptors (Lipinski definition) is 2. The van der Waals surface area contributed by atoms with Crippen LogP contribution >= 0.6 is 0 Å². The van der Waals surface area contributed by atoms with Crippen molar-refractivity contribution in [3.8, 4) is 0 Å². The van der Waals surface area contributed by atoms with Crippen molar-refractivity contribution in [3.05, 3.63) is 50.6 Å². The minimum absolute atomic E-state index is 0.128. The Morgan fingerprint density at radius 3 is 2.85 bits per heavy atom. The number of rotatable bonds is 2. The summed E-state index contributed by atoms with van der Waals surface area (Å²) < 4.78 is 14.1. The van der Waals surface area contributed by atoms with E-state index in [2.05, 4.69) is 5.32 Å². The molecular weight excluding hydrogens is 328 g/mol. The van der Waals surface area contributed by atoms with E-state index < -0.39 is 11.8 Å². The fourth-order valence-corrected chi connectivity index (χ4v) is 3.69. The van der Waals surface area contributed by atoms with Gasteiger partial charge >= 0.3 is 119 Å². The average Bonchev–Trinajstić information content (AvgIpc) is 2.97. The first-order valence-corrected chi connectivity index (χ1v) is 7.54. The standard InChI is InChI=1S/C14H8FNO3Se/c15-8-1-2-12-10(4-8)11(13(17)16-12)5-9-3-7(6-20-9)14(18)19/h1-6H,(H,16,17)(H,18,19)/b11-5-. The molecule has 0 aliphatic carbocycles. The van der Waals surface area contributed by atoms with Crippen LogP contribution in [0.3, 0.4) is 0 Å². The summed E-state index contributed by atoms with van der Waals surface area (Å²) in [7, 11) is 0. The minimum atomic E-state index is -0.984. The van der Waals surface area contributed by atoms with E-state index in [1.165, 1.54) is 18.2 Å². The van der Waals surface area contributed by atoms with Crippen LogP contribution in [0.15, 0.2) is 29.2 Å². The van der Waals surface area contributed by atoms with Gasteiger partial charge in [0.05, 0.1) is 0 Å².